The Balaban J connectivity index is 1.33. The van der Waals surface area contributed by atoms with Gasteiger partial charge in [0.1, 0.15) is 5.75 Å². The van der Waals surface area contributed by atoms with Crippen LogP contribution in [0.3, 0.4) is 0 Å². The number of ether oxygens (including phenoxy) is 1. The first kappa shape index (κ1) is 17.4. The molecular formula is C20H24N2O4S. The van der Waals surface area contributed by atoms with Crippen molar-refractivity contribution in [2.45, 2.75) is 43.6 Å². The number of hydrogen-bond acceptors (Lipinski definition) is 5. The summed E-state index contributed by atoms with van der Waals surface area (Å²) in [6.07, 6.45) is 2.86. The molecule has 2 bridgehead atoms. The third kappa shape index (κ3) is 2.83. The van der Waals surface area contributed by atoms with Crippen LogP contribution in [0.5, 0.6) is 5.75 Å². The standard InChI is InChI=1S/C20H24N2O4S/c23-16-10-27-9-15(16)21-18(24)14-7-12-6-5-11(14)8-20(12)22-19(25)13-3-1-2-4-17(13)26-20/h1-4,11-12,14-16,23H,5-10H2,(H,21,24)(H,22,25)/t11-,12+,14+,15-,16+,20-/m1/s1. The number of amides is 2. The molecule has 2 amide bonds. The number of fused-ring (bicyclic) bond motifs is 3. The summed E-state index contributed by atoms with van der Waals surface area (Å²) in [5.74, 6) is 2.30. The first-order chi connectivity index (χ1) is 13.1. The van der Waals surface area contributed by atoms with E-state index in [0.717, 1.165) is 25.0 Å². The molecule has 6 nitrogen and oxygen atoms in total. The molecule has 3 aliphatic carbocycles. The molecule has 3 N–H and O–H groups in total. The molecule has 144 valence electrons. The maximum atomic E-state index is 12.9. The second-order valence-electron chi connectivity index (χ2n) is 8.24. The summed E-state index contributed by atoms with van der Waals surface area (Å²) in [4.78, 5) is 25.5. The van der Waals surface area contributed by atoms with E-state index in [4.69, 9.17) is 4.74 Å². The Hall–Kier alpha value is -1.73. The van der Waals surface area contributed by atoms with Gasteiger partial charge in [0.15, 0.2) is 5.72 Å². The van der Waals surface area contributed by atoms with Crippen molar-refractivity contribution < 1.29 is 19.4 Å². The van der Waals surface area contributed by atoms with Gasteiger partial charge in [0.25, 0.3) is 5.91 Å². The predicted molar refractivity (Wildman–Crippen MR) is 101 cm³/mol. The van der Waals surface area contributed by atoms with E-state index < -0.39 is 11.8 Å². The summed E-state index contributed by atoms with van der Waals surface area (Å²) < 4.78 is 6.34. The lowest BCUT2D eigenvalue weighted by atomic mass is 9.60. The molecule has 27 heavy (non-hydrogen) atoms. The van der Waals surface area contributed by atoms with E-state index in [-0.39, 0.29) is 35.6 Å². The maximum absolute atomic E-state index is 12.9. The second kappa shape index (κ2) is 6.41. The third-order valence-electron chi connectivity index (χ3n) is 6.68. The van der Waals surface area contributed by atoms with Crippen LogP contribution in [-0.4, -0.2) is 46.3 Å². The average Bonchev–Trinajstić information content (AvgIpc) is 3.06. The van der Waals surface area contributed by atoms with Gasteiger partial charge in [0.05, 0.1) is 17.7 Å². The lowest BCUT2D eigenvalue weighted by Crippen LogP contribution is -2.67. The lowest BCUT2D eigenvalue weighted by Gasteiger charge is -2.55. The van der Waals surface area contributed by atoms with E-state index >= 15 is 0 Å². The van der Waals surface area contributed by atoms with Crippen molar-refractivity contribution >= 4 is 23.6 Å². The van der Waals surface area contributed by atoms with Crippen LogP contribution in [0.1, 0.15) is 36.0 Å². The van der Waals surface area contributed by atoms with Crippen molar-refractivity contribution in [1.29, 1.82) is 0 Å². The fourth-order valence-electron chi connectivity index (χ4n) is 5.25. The second-order valence-corrected chi connectivity index (χ2v) is 9.32. The minimum Gasteiger partial charge on any atom is -0.467 e. The number of carbonyl (C=O) groups is 2. The van der Waals surface area contributed by atoms with Crippen LogP contribution in [0, 0.1) is 17.8 Å². The van der Waals surface area contributed by atoms with Crippen LogP contribution in [0.15, 0.2) is 24.3 Å². The molecule has 7 heteroatoms. The van der Waals surface area contributed by atoms with E-state index in [1.165, 1.54) is 0 Å². The SMILES string of the molecule is O=C1N[C@]2(C[C@H]3CC[C@H]2C[C@@H]3C(=O)N[C@@H]2CSC[C@@H]2O)Oc2ccccc21. The number of benzene rings is 1. The van der Waals surface area contributed by atoms with E-state index in [0.29, 0.717) is 23.5 Å². The van der Waals surface area contributed by atoms with Crippen molar-refractivity contribution in [1.82, 2.24) is 10.6 Å². The Morgan fingerprint density at radius 1 is 1.30 bits per heavy atom. The number of hydrogen-bond donors (Lipinski definition) is 3. The summed E-state index contributed by atoms with van der Waals surface area (Å²) in [5.41, 5.74) is -0.111. The predicted octanol–water partition coefficient (Wildman–Crippen LogP) is 1.53. The molecule has 0 aromatic heterocycles. The molecule has 0 radical (unpaired) electrons. The van der Waals surface area contributed by atoms with Crippen LogP contribution in [0.4, 0.5) is 0 Å². The van der Waals surface area contributed by atoms with Crippen LogP contribution >= 0.6 is 11.8 Å². The van der Waals surface area contributed by atoms with E-state index in [1.807, 2.05) is 18.2 Å². The minimum atomic E-state index is -0.687. The molecule has 2 aliphatic heterocycles. The fourth-order valence-corrected chi connectivity index (χ4v) is 6.42. The van der Waals surface area contributed by atoms with Gasteiger partial charge in [-0.1, -0.05) is 12.1 Å². The molecule has 6 atom stereocenters. The van der Waals surface area contributed by atoms with E-state index in [2.05, 4.69) is 10.6 Å². The summed E-state index contributed by atoms with van der Waals surface area (Å²) in [6, 6.07) is 7.20. The molecule has 3 saturated carbocycles. The quantitative estimate of drug-likeness (QED) is 0.715. The molecule has 1 saturated heterocycles. The fraction of sp³-hybridized carbons (Fsp3) is 0.600. The van der Waals surface area contributed by atoms with E-state index in [9.17, 15) is 14.7 Å². The number of thioether (sulfide) groups is 1. The zero-order valence-corrected chi connectivity index (χ0v) is 15.8. The van der Waals surface area contributed by atoms with Gasteiger partial charge < -0.3 is 20.5 Å². The van der Waals surface area contributed by atoms with Crippen molar-refractivity contribution in [3.63, 3.8) is 0 Å². The maximum Gasteiger partial charge on any atom is 0.258 e. The van der Waals surface area contributed by atoms with Gasteiger partial charge in [0, 0.05) is 29.8 Å². The zero-order chi connectivity index (χ0) is 18.6. The molecule has 1 spiro atoms. The molecule has 5 aliphatic rings. The van der Waals surface area contributed by atoms with Crippen molar-refractivity contribution in [2.75, 3.05) is 11.5 Å². The number of aliphatic hydroxyl groups excluding tert-OH is 1. The summed E-state index contributed by atoms with van der Waals surface area (Å²) in [7, 11) is 0. The normalized spacial score (nSPS) is 39.6. The van der Waals surface area contributed by atoms with Gasteiger partial charge in [-0.2, -0.15) is 11.8 Å². The van der Waals surface area contributed by atoms with Gasteiger partial charge in [-0.25, -0.2) is 0 Å². The zero-order valence-electron chi connectivity index (χ0n) is 15.0. The van der Waals surface area contributed by atoms with Crippen molar-refractivity contribution in [3.8, 4) is 5.75 Å². The molecule has 1 aromatic carbocycles. The van der Waals surface area contributed by atoms with Gasteiger partial charge in [-0.3, -0.25) is 9.59 Å². The van der Waals surface area contributed by atoms with Gasteiger partial charge in [-0.05, 0) is 37.3 Å². The van der Waals surface area contributed by atoms with Gasteiger partial charge in [-0.15, -0.1) is 0 Å². The molecule has 2 heterocycles. The van der Waals surface area contributed by atoms with Crippen molar-refractivity contribution in [2.24, 2.45) is 17.8 Å². The van der Waals surface area contributed by atoms with Crippen LogP contribution in [-0.2, 0) is 4.79 Å². The number of nitrogens with one attached hydrogen (secondary N) is 2. The molecule has 4 fully saturated rings. The Bertz CT molecular complexity index is 787. The van der Waals surface area contributed by atoms with Gasteiger partial charge >= 0.3 is 0 Å². The topological polar surface area (TPSA) is 87.7 Å². The van der Waals surface area contributed by atoms with Crippen molar-refractivity contribution in [3.05, 3.63) is 29.8 Å². The Kier molecular flexibility index (Phi) is 4.13. The number of aliphatic hydroxyl groups is 1. The van der Waals surface area contributed by atoms with E-state index in [1.54, 1.807) is 17.8 Å². The molecule has 0 unspecified atom stereocenters. The Labute approximate surface area is 162 Å². The Morgan fingerprint density at radius 3 is 2.89 bits per heavy atom. The first-order valence-electron chi connectivity index (χ1n) is 9.72. The number of carbonyl (C=O) groups excluding carboxylic acids is 2. The smallest absolute Gasteiger partial charge is 0.258 e. The highest BCUT2D eigenvalue weighted by Gasteiger charge is 2.57. The monoisotopic (exact) mass is 388 g/mol. The summed E-state index contributed by atoms with van der Waals surface area (Å²) >= 11 is 1.67. The Morgan fingerprint density at radius 2 is 2.15 bits per heavy atom. The molecule has 1 aromatic rings. The van der Waals surface area contributed by atoms with Crippen LogP contribution < -0.4 is 15.4 Å². The average molecular weight is 388 g/mol. The highest BCUT2D eigenvalue weighted by molar-refractivity contribution is 7.99. The summed E-state index contributed by atoms with van der Waals surface area (Å²) in [6.45, 7) is 0. The van der Waals surface area contributed by atoms with Crippen LogP contribution in [0.25, 0.3) is 0 Å². The number of rotatable bonds is 2. The summed E-state index contributed by atoms with van der Waals surface area (Å²) in [5, 5.41) is 16.2. The van der Waals surface area contributed by atoms with Gasteiger partial charge in [0.2, 0.25) is 5.91 Å². The van der Waals surface area contributed by atoms with Crippen LogP contribution in [0.2, 0.25) is 0 Å². The third-order valence-corrected chi connectivity index (χ3v) is 7.85. The highest BCUT2D eigenvalue weighted by Crippen LogP contribution is 2.52. The first-order valence-corrected chi connectivity index (χ1v) is 10.9. The minimum absolute atomic E-state index is 0.0497. The molecular weight excluding hydrogens is 364 g/mol. The number of para-hydroxylation sites is 1. The largest absolute Gasteiger partial charge is 0.467 e. The molecule has 6 rings (SSSR count). The highest BCUT2D eigenvalue weighted by atomic mass is 32.2. The lowest BCUT2D eigenvalue weighted by molar-refractivity contribution is -0.147.